The van der Waals surface area contributed by atoms with Gasteiger partial charge in [-0.15, -0.1) is 0 Å². The molecule has 0 spiro atoms. The second-order valence-corrected chi connectivity index (χ2v) is 13.0. The minimum Gasteiger partial charge on any atom is -0.406 e. The first kappa shape index (κ1) is 19.9. The third-order valence-electron chi connectivity index (χ3n) is 4.49. The Labute approximate surface area is 154 Å². The number of nitrogens with one attached hydrogen (secondary N) is 1. The molecule has 25 heavy (non-hydrogen) atoms. The molecule has 0 bridgehead atoms. The van der Waals surface area contributed by atoms with Crippen molar-refractivity contribution < 1.29 is 4.43 Å². The van der Waals surface area contributed by atoms with Gasteiger partial charge < -0.3 is 9.74 Å². The van der Waals surface area contributed by atoms with Crippen molar-refractivity contribution in [3.63, 3.8) is 0 Å². The van der Waals surface area contributed by atoms with Gasteiger partial charge in [-0.05, 0) is 36.2 Å². The Morgan fingerprint density at radius 2 is 1.20 bits per heavy atom. The van der Waals surface area contributed by atoms with Gasteiger partial charge in [0.2, 0.25) is 0 Å². The fourth-order valence-corrected chi connectivity index (χ4v) is 7.96. The van der Waals surface area contributed by atoms with Crippen molar-refractivity contribution in [2.24, 2.45) is 0 Å². The van der Waals surface area contributed by atoms with Gasteiger partial charge in [-0.3, -0.25) is 0 Å². The topological polar surface area (TPSA) is 21.3 Å². The summed E-state index contributed by atoms with van der Waals surface area (Å²) in [5.41, 5.74) is 0.106. The Morgan fingerprint density at radius 3 is 1.56 bits per heavy atom. The smallest absolute Gasteiger partial charge is 0.261 e. The van der Waals surface area contributed by atoms with E-state index in [9.17, 15) is 0 Å². The lowest BCUT2D eigenvalue weighted by atomic mass is 10.1. The lowest BCUT2D eigenvalue weighted by Gasteiger charge is -2.43. The molecule has 0 saturated carbocycles. The van der Waals surface area contributed by atoms with Gasteiger partial charge in [0.1, 0.15) is 0 Å². The van der Waals surface area contributed by atoms with Gasteiger partial charge in [0.25, 0.3) is 8.32 Å². The van der Waals surface area contributed by atoms with Gasteiger partial charge in [0, 0.05) is 18.7 Å². The van der Waals surface area contributed by atoms with E-state index < -0.39 is 8.32 Å². The summed E-state index contributed by atoms with van der Waals surface area (Å²) in [6.45, 7) is 15.1. The van der Waals surface area contributed by atoms with Crippen LogP contribution in [0.5, 0.6) is 0 Å². The number of hydrogen-bond acceptors (Lipinski definition) is 2. The predicted molar refractivity (Wildman–Crippen MR) is 111 cm³/mol. The first-order chi connectivity index (χ1) is 11.7. The van der Waals surface area contributed by atoms with Crippen molar-refractivity contribution in [1.29, 1.82) is 0 Å². The highest BCUT2D eigenvalue weighted by atomic mass is 28.4. The molecule has 0 fully saturated rings. The van der Waals surface area contributed by atoms with E-state index in [1.54, 1.807) is 0 Å². The van der Waals surface area contributed by atoms with E-state index in [1.807, 2.05) is 0 Å². The van der Waals surface area contributed by atoms with Crippen LogP contribution in [0.4, 0.5) is 0 Å². The van der Waals surface area contributed by atoms with Crippen LogP contribution in [0.3, 0.4) is 0 Å². The standard InChI is InChI=1S/C22H33NOSi/c1-21(2,3)23-17-18-24-25(22(4,5)6,19-13-9-7-10-14-19)20-15-11-8-12-16-20/h7-16,23H,17-18H2,1-6H3. The minimum absolute atomic E-state index is 0.0391. The molecule has 0 aliphatic heterocycles. The van der Waals surface area contributed by atoms with E-state index >= 15 is 0 Å². The SMILES string of the molecule is CC(C)(C)NCCO[Si](c1ccccc1)(c1ccccc1)C(C)(C)C. The summed E-state index contributed by atoms with van der Waals surface area (Å²) < 4.78 is 6.84. The van der Waals surface area contributed by atoms with Crippen LogP contribution >= 0.6 is 0 Å². The third kappa shape index (κ3) is 4.81. The third-order valence-corrected chi connectivity index (χ3v) is 9.54. The van der Waals surface area contributed by atoms with Gasteiger partial charge in [0.05, 0.1) is 0 Å². The molecule has 136 valence electrons. The van der Waals surface area contributed by atoms with Crippen LogP contribution in [0.25, 0.3) is 0 Å². The Morgan fingerprint density at radius 1 is 0.760 bits per heavy atom. The minimum atomic E-state index is -2.39. The Kier molecular flexibility index (Phi) is 6.25. The maximum absolute atomic E-state index is 6.84. The highest BCUT2D eigenvalue weighted by Gasteiger charge is 2.49. The molecular formula is C22H33NOSi. The van der Waals surface area contributed by atoms with Crippen LogP contribution in [0, 0.1) is 0 Å². The quantitative estimate of drug-likeness (QED) is 0.626. The Hall–Kier alpha value is -1.42. The molecule has 0 radical (unpaired) electrons. The van der Waals surface area contributed by atoms with Crippen molar-refractivity contribution in [2.45, 2.75) is 52.1 Å². The number of benzene rings is 2. The molecule has 0 aliphatic carbocycles. The van der Waals surface area contributed by atoms with Crippen LogP contribution in [-0.4, -0.2) is 27.0 Å². The summed E-state index contributed by atoms with van der Waals surface area (Å²) in [4.78, 5) is 0. The van der Waals surface area contributed by atoms with Crippen LogP contribution in [-0.2, 0) is 4.43 Å². The molecule has 0 aromatic heterocycles. The summed E-state index contributed by atoms with van der Waals surface area (Å²) in [6.07, 6.45) is 0. The maximum Gasteiger partial charge on any atom is 0.261 e. The number of hydrogen-bond donors (Lipinski definition) is 1. The first-order valence-electron chi connectivity index (χ1n) is 9.17. The van der Waals surface area contributed by atoms with E-state index in [1.165, 1.54) is 10.4 Å². The largest absolute Gasteiger partial charge is 0.406 e. The van der Waals surface area contributed by atoms with Gasteiger partial charge >= 0.3 is 0 Å². The van der Waals surface area contributed by atoms with E-state index in [0.29, 0.717) is 6.61 Å². The van der Waals surface area contributed by atoms with Crippen molar-refractivity contribution in [1.82, 2.24) is 5.32 Å². The predicted octanol–water partition coefficient (Wildman–Crippen LogP) is 3.95. The maximum atomic E-state index is 6.84. The average molecular weight is 356 g/mol. The molecule has 0 unspecified atom stereocenters. The Balaban J connectivity index is 2.42. The average Bonchev–Trinajstić information content (AvgIpc) is 2.54. The summed E-state index contributed by atoms with van der Waals surface area (Å²) in [5, 5.41) is 6.26. The zero-order valence-electron chi connectivity index (χ0n) is 16.6. The van der Waals surface area contributed by atoms with Crippen LogP contribution < -0.4 is 15.7 Å². The Bertz CT molecular complexity index is 602. The zero-order valence-corrected chi connectivity index (χ0v) is 17.6. The molecule has 1 N–H and O–H groups in total. The lowest BCUT2D eigenvalue weighted by molar-refractivity contribution is 0.276. The molecule has 0 amide bonds. The van der Waals surface area contributed by atoms with E-state index in [4.69, 9.17) is 4.43 Å². The van der Waals surface area contributed by atoms with Crippen molar-refractivity contribution in [2.75, 3.05) is 13.2 Å². The van der Waals surface area contributed by atoms with E-state index in [-0.39, 0.29) is 10.6 Å². The second kappa shape index (κ2) is 7.86. The van der Waals surface area contributed by atoms with Crippen LogP contribution in [0.1, 0.15) is 41.5 Å². The van der Waals surface area contributed by atoms with E-state index in [2.05, 4.69) is 108 Å². The normalized spacial score (nSPS) is 13.0. The lowest BCUT2D eigenvalue weighted by Crippen LogP contribution is -2.67. The molecule has 0 aliphatic rings. The molecule has 2 aromatic carbocycles. The fourth-order valence-electron chi connectivity index (χ4n) is 3.39. The second-order valence-electron chi connectivity index (χ2n) is 8.69. The van der Waals surface area contributed by atoms with Gasteiger partial charge in [0.15, 0.2) is 0 Å². The van der Waals surface area contributed by atoms with Gasteiger partial charge in [-0.25, -0.2) is 0 Å². The summed E-state index contributed by atoms with van der Waals surface area (Å²) in [5.74, 6) is 0. The fraction of sp³-hybridized carbons (Fsp3) is 0.455. The van der Waals surface area contributed by atoms with Crippen LogP contribution in [0.15, 0.2) is 60.7 Å². The van der Waals surface area contributed by atoms with Gasteiger partial charge in [-0.1, -0.05) is 81.4 Å². The molecule has 2 aromatic rings. The molecule has 0 saturated heterocycles. The van der Waals surface area contributed by atoms with E-state index in [0.717, 1.165) is 6.54 Å². The van der Waals surface area contributed by atoms with Crippen LogP contribution in [0.2, 0.25) is 5.04 Å². The first-order valence-corrected chi connectivity index (χ1v) is 11.1. The van der Waals surface area contributed by atoms with Crippen molar-refractivity contribution in [3.05, 3.63) is 60.7 Å². The van der Waals surface area contributed by atoms with Crippen molar-refractivity contribution in [3.8, 4) is 0 Å². The summed E-state index contributed by atoms with van der Waals surface area (Å²) in [6, 6.07) is 21.6. The highest BCUT2D eigenvalue weighted by Crippen LogP contribution is 2.36. The summed E-state index contributed by atoms with van der Waals surface area (Å²) in [7, 11) is -2.39. The zero-order chi connectivity index (χ0) is 18.6. The number of rotatable bonds is 6. The molecule has 2 nitrogen and oxygen atoms in total. The highest BCUT2D eigenvalue weighted by molar-refractivity contribution is 6.99. The summed E-state index contributed by atoms with van der Waals surface area (Å²) >= 11 is 0. The molecule has 3 heteroatoms. The molecular weight excluding hydrogens is 322 g/mol. The van der Waals surface area contributed by atoms with Crippen molar-refractivity contribution >= 4 is 18.7 Å². The monoisotopic (exact) mass is 355 g/mol. The molecule has 0 atom stereocenters. The van der Waals surface area contributed by atoms with Gasteiger partial charge in [-0.2, -0.15) is 0 Å². The molecule has 0 heterocycles. The molecule has 2 rings (SSSR count).